The van der Waals surface area contributed by atoms with E-state index in [1.165, 1.54) is 7.11 Å². The van der Waals surface area contributed by atoms with Gasteiger partial charge in [0.05, 0.1) is 7.11 Å². The minimum Gasteiger partial charge on any atom is -0.467 e. The average Bonchev–Trinajstić information content (AvgIpc) is 2.47. The molecule has 122 valence electrons. The monoisotopic (exact) mass is 357 g/mol. The molecule has 11 heteroatoms. The Morgan fingerprint density at radius 3 is 2.35 bits per heavy atom. The van der Waals surface area contributed by atoms with Crippen molar-refractivity contribution in [1.29, 1.82) is 0 Å². The molecule has 23 heavy (non-hydrogen) atoms. The number of nitrogens with zero attached hydrogens (tertiary/aromatic N) is 4. The number of aryl methyl sites for hydroxylation is 1. The van der Waals surface area contributed by atoms with E-state index in [2.05, 4.69) is 19.3 Å². The van der Waals surface area contributed by atoms with Crippen molar-refractivity contribution < 1.29 is 17.9 Å². The fourth-order valence-electron chi connectivity index (χ4n) is 1.21. The molecule has 0 aliphatic rings. The second-order valence-electron chi connectivity index (χ2n) is 3.73. The molecule has 0 radical (unpaired) electrons. The summed E-state index contributed by atoms with van der Waals surface area (Å²) in [6.07, 6.45) is 0. The Hall–Kier alpha value is -2.59. The van der Waals surface area contributed by atoms with Crippen LogP contribution in [0.3, 0.4) is 0 Å². The van der Waals surface area contributed by atoms with Gasteiger partial charge in [0.25, 0.3) is 0 Å². The second-order valence-corrected chi connectivity index (χ2v) is 4.78. The summed E-state index contributed by atoms with van der Waals surface area (Å²) in [7, 11) is -1.48. The molecule has 1 aromatic carbocycles. The highest BCUT2D eigenvalue weighted by Crippen LogP contribution is 2.06. The zero-order valence-electron chi connectivity index (χ0n) is 12.1. The van der Waals surface area contributed by atoms with E-state index >= 15 is 0 Å². The van der Waals surface area contributed by atoms with Crippen molar-refractivity contribution in [3.8, 4) is 6.01 Å². The SMILES string of the molecule is COc1nc(C)nc(NC(=O)N=S(=O)=O)n1.Clc1ccccc1. The largest absolute Gasteiger partial charge is 0.467 e. The summed E-state index contributed by atoms with van der Waals surface area (Å²) >= 11 is 5.54. The molecule has 0 saturated heterocycles. The molecule has 0 fully saturated rings. The molecule has 1 N–H and O–H groups in total. The standard InChI is InChI=1S/C6H5Cl.C6H7N5O4S/c7-6-4-2-1-3-5-6;1-3-7-4(10-6(8-3)15-2)9-5(12)11-16(13)14/h1-5H;1-2H3,(H,7,8,9,10,12). The first-order chi connectivity index (χ1) is 10.9. The van der Waals surface area contributed by atoms with E-state index in [1.807, 2.05) is 35.6 Å². The summed E-state index contributed by atoms with van der Waals surface area (Å²) in [5.74, 6) is 0.175. The Labute approximate surface area is 138 Å². The molecule has 2 aromatic rings. The van der Waals surface area contributed by atoms with Crippen LogP contribution in [0.1, 0.15) is 5.82 Å². The highest BCUT2D eigenvalue weighted by molar-refractivity contribution is 7.62. The van der Waals surface area contributed by atoms with Gasteiger partial charge >= 0.3 is 22.5 Å². The Bertz CT molecular complexity index is 790. The molecular formula is C12H12ClN5O4S. The Morgan fingerprint density at radius 2 is 1.87 bits per heavy atom. The summed E-state index contributed by atoms with van der Waals surface area (Å²) in [4.78, 5) is 22.1. The minimum absolute atomic E-state index is 0.00560. The molecule has 0 spiro atoms. The summed E-state index contributed by atoms with van der Waals surface area (Å²) in [5.41, 5.74) is 0. The van der Waals surface area contributed by atoms with Crippen molar-refractivity contribution in [2.24, 2.45) is 4.36 Å². The van der Waals surface area contributed by atoms with E-state index < -0.39 is 16.5 Å². The quantitative estimate of drug-likeness (QED) is 0.872. The molecule has 0 aliphatic heterocycles. The third kappa shape index (κ3) is 7.83. The number of ether oxygens (including phenoxy) is 1. The van der Waals surface area contributed by atoms with Crippen LogP contribution in [0.25, 0.3) is 0 Å². The third-order valence-electron chi connectivity index (χ3n) is 2.02. The molecule has 0 aliphatic carbocycles. The predicted octanol–water partition coefficient (Wildman–Crippen LogP) is 2.12. The number of benzene rings is 1. The van der Waals surface area contributed by atoms with Gasteiger partial charge in [0.1, 0.15) is 5.82 Å². The number of amides is 2. The number of carbonyl (C=O) groups excluding carboxylic acids is 1. The van der Waals surface area contributed by atoms with Gasteiger partial charge in [0.15, 0.2) is 0 Å². The second kappa shape index (κ2) is 9.43. The smallest absolute Gasteiger partial charge is 0.362 e. The fraction of sp³-hybridized carbons (Fsp3) is 0.167. The first kappa shape index (κ1) is 18.5. The number of urea groups is 1. The Kier molecular flexibility index (Phi) is 7.57. The van der Waals surface area contributed by atoms with E-state index in [9.17, 15) is 13.2 Å². The predicted molar refractivity (Wildman–Crippen MR) is 82.9 cm³/mol. The molecule has 0 atom stereocenters. The molecule has 2 rings (SSSR count). The van der Waals surface area contributed by atoms with Gasteiger partial charge in [0.2, 0.25) is 5.95 Å². The lowest BCUT2D eigenvalue weighted by atomic mass is 10.4. The topological polar surface area (TPSA) is 124 Å². The van der Waals surface area contributed by atoms with Crippen LogP contribution >= 0.6 is 11.6 Å². The lowest BCUT2D eigenvalue weighted by Crippen LogP contribution is -2.11. The maximum atomic E-state index is 10.9. The average molecular weight is 358 g/mol. The fourth-order valence-corrected chi connectivity index (χ4v) is 1.53. The van der Waals surface area contributed by atoms with Crippen LogP contribution in [0.2, 0.25) is 5.02 Å². The lowest BCUT2D eigenvalue weighted by molar-refractivity contribution is 0.259. The van der Waals surface area contributed by atoms with Crippen molar-refractivity contribution in [1.82, 2.24) is 15.0 Å². The number of anilines is 1. The molecular weight excluding hydrogens is 346 g/mol. The van der Waals surface area contributed by atoms with Crippen molar-refractivity contribution in [3.05, 3.63) is 41.2 Å². The maximum absolute atomic E-state index is 10.9. The summed E-state index contributed by atoms with van der Waals surface area (Å²) in [6, 6.07) is 8.35. The van der Waals surface area contributed by atoms with Gasteiger partial charge in [-0.15, -0.1) is 0 Å². The Morgan fingerprint density at radius 1 is 1.22 bits per heavy atom. The molecule has 9 nitrogen and oxygen atoms in total. The number of carbonyl (C=O) groups is 1. The van der Waals surface area contributed by atoms with Gasteiger partial charge in [-0.2, -0.15) is 23.4 Å². The van der Waals surface area contributed by atoms with Crippen molar-refractivity contribution >= 4 is 34.1 Å². The van der Waals surface area contributed by atoms with E-state index in [-0.39, 0.29) is 12.0 Å². The van der Waals surface area contributed by atoms with Crippen LogP contribution in [0, 0.1) is 6.92 Å². The van der Waals surface area contributed by atoms with Gasteiger partial charge in [-0.3, -0.25) is 5.32 Å². The normalized spacial score (nSPS) is 9.17. The number of hydrogen-bond donors (Lipinski definition) is 1. The minimum atomic E-state index is -2.82. The highest BCUT2D eigenvalue weighted by Gasteiger charge is 2.07. The van der Waals surface area contributed by atoms with Gasteiger partial charge in [-0.25, -0.2) is 4.79 Å². The molecule has 0 saturated carbocycles. The highest BCUT2D eigenvalue weighted by atomic mass is 35.5. The maximum Gasteiger partial charge on any atom is 0.362 e. The van der Waals surface area contributed by atoms with Crippen LogP contribution in [0.4, 0.5) is 10.7 Å². The van der Waals surface area contributed by atoms with E-state index in [4.69, 9.17) is 16.3 Å². The molecule has 2 amide bonds. The van der Waals surface area contributed by atoms with Crippen LogP contribution in [0.15, 0.2) is 34.7 Å². The van der Waals surface area contributed by atoms with Gasteiger partial charge in [-0.1, -0.05) is 34.2 Å². The van der Waals surface area contributed by atoms with Gasteiger partial charge < -0.3 is 4.74 Å². The first-order valence-electron chi connectivity index (χ1n) is 6.00. The molecule has 0 unspecified atom stereocenters. The van der Waals surface area contributed by atoms with Crippen LogP contribution in [-0.2, 0) is 10.5 Å². The number of methoxy groups -OCH3 is 1. The van der Waals surface area contributed by atoms with Gasteiger partial charge in [-0.05, 0) is 19.1 Å². The number of rotatable bonds is 2. The zero-order chi connectivity index (χ0) is 17.2. The number of halogens is 1. The van der Waals surface area contributed by atoms with Crippen LogP contribution < -0.4 is 10.1 Å². The van der Waals surface area contributed by atoms with E-state index in [0.29, 0.717) is 5.82 Å². The molecule has 0 bridgehead atoms. The van der Waals surface area contributed by atoms with Crippen LogP contribution in [-0.4, -0.2) is 36.5 Å². The lowest BCUT2D eigenvalue weighted by Gasteiger charge is -2.02. The summed E-state index contributed by atoms with van der Waals surface area (Å²) < 4.78 is 27.6. The summed E-state index contributed by atoms with van der Waals surface area (Å²) in [6.45, 7) is 1.56. The molecule has 1 aromatic heterocycles. The third-order valence-corrected chi connectivity index (χ3v) is 2.59. The van der Waals surface area contributed by atoms with E-state index in [1.54, 1.807) is 6.92 Å². The summed E-state index contributed by atoms with van der Waals surface area (Å²) in [5, 5.41) is 2.84. The van der Waals surface area contributed by atoms with Crippen molar-refractivity contribution in [3.63, 3.8) is 0 Å². The van der Waals surface area contributed by atoms with Crippen molar-refractivity contribution in [2.45, 2.75) is 6.92 Å². The number of hydrogen-bond acceptors (Lipinski definition) is 7. The van der Waals surface area contributed by atoms with Gasteiger partial charge in [0, 0.05) is 5.02 Å². The zero-order valence-corrected chi connectivity index (χ0v) is 13.7. The number of aromatic nitrogens is 3. The first-order valence-corrected chi connectivity index (χ1v) is 7.41. The Balaban J connectivity index is 0.000000313. The number of nitrogens with one attached hydrogen (secondary N) is 1. The van der Waals surface area contributed by atoms with Crippen LogP contribution in [0.5, 0.6) is 6.01 Å². The van der Waals surface area contributed by atoms with Crippen molar-refractivity contribution in [2.75, 3.05) is 12.4 Å². The van der Waals surface area contributed by atoms with E-state index in [0.717, 1.165) is 5.02 Å². The molecule has 1 heterocycles.